The fourth-order valence-electron chi connectivity index (χ4n) is 2.26. The number of hydrogen-bond donors (Lipinski definition) is 2. The van der Waals surface area contributed by atoms with Crippen LogP contribution in [0.2, 0.25) is 0 Å². The number of nitrogens with one attached hydrogen (secondary N) is 2. The SMILES string of the molecule is CCC(=O)N1CSCC1C(=O)NCC1=CCNCC1. The Morgan fingerprint density at radius 3 is 3.11 bits per heavy atom. The van der Waals surface area contributed by atoms with Crippen LogP contribution in [-0.4, -0.2) is 54.0 Å². The molecule has 0 aliphatic carbocycles. The van der Waals surface area contributed by atoms with Crippen LogP contribution in [-0.2, 0) is 9.59 Å². The minimum Gasteiger partial charge on any atom is -0.351 e. The van der Waals surface area contributed by atoms with Crippen LogP contribution < -0.4 is 10.6 Å². The molecule has 5 nitrogen and oxygen atoms in total. The summed E-state index contributed by atoms with van der Waals surface area (Å²) in [5, 5.41) is 6.20. The molecule has 2 N–H and O–H groups in total. The highest BCUT2D eigenvalue weighted by Crippen LogP contribution is 2.21. The van der Waals surface area contributed by atoms with Gasteiger partial charge < -0.3 is 15.5 Å². The molecule has 0 aromatic rings. The molecule has 1 unspecified atom stereocenters. The van der Waals surface area contributed by atoms with E-state index in [4.69, 9.17) is 0 Å². The van der Waals surface area contributed by atoms with Gasteiger partial charge in [0.25, 0.3) is 0 Å². The zero-order valence-electron chi connectivity index (χ0n) is 11.3. The first-order valence-electron chi connectivity index (χ1n) is 6.76. The molecule has 1 saturated heterocycles. The molecule has 1 fully saturated rings. The first-order valence-corrected chi connectivity index (χ1v) is 7.91. The maximum absolute atomic E-state index is 12.2. The third-order valence-electron chi connectivity index (χ3n) is 3.46. The van der Waals surface area contributed by atoms with Gasteiger partial charge in [0.15, 0.2) is 0 Å². The largest absolute Gasteiger partial charge is 0.351 e. The van der Waals surface area contributed by atoms with Crippen molar-refractivity contribution in [3.63, 3.8) is 0 Å². The van der Waals surface area contributed by atoms with Crippen molar-refractivity contribution >= 4 is 23.6 Å². The molecule has 0 bridgehead atoms. The molecule has 0 aromatic heterocycles. The van der Waals surface area contributed by atoms with Crippen LogP contribution in [0.4, 0.5) is 0 Å². The molecule has 0 aromatic carbocycles. The predicted molar refractivity (Wildman–Crippen MR) is 76.8 cm³/mol. The Labute approximate surface area is 118 Å². The summed E-state index contributed by atoms with van der Waals surface area (Å²) < 4.78 is 0. The molecule has 19 heavy (non-hydrogen) atoms. The minimum absolute atomic E-state index is 0.0220. The summed E-state index contributed by atoms with van der Waals surface area (Å²) in [6, 6.07) is -0.292. The number of amides is 2. The van der Waals surface area contributed by atoms with Crippen molar-refractivity contribution in [2.75, 3.05) is 31.3 Å². The number of hydrogen-bond acceptors (Lipinski definition) is 4. The van der Waals surface area contributed by atoms with E-state index in [0.29, 0.717) is 24.6 Å². The lowest BCUT2D eigenvalue weighted by atomic mass is 10.1. The summed E-state index contributed by atoms with van der Waals surface area (Å²) in [6.07, 6.45) is 3.57. The van der Waals surface area contributed by atoms with Crippen molar-refractivity contribution in [2.24, 2.45) is 0 Å². The lowest BCUT2D eigenvalue weighted by molar-refractivity contribution is -0.137. The van der Waals surface area contributed by atoms with Crippen molar-refractivity contribution in [2.45, 2.75) is 25.8 Å². The van der Waals surface area contributed by atoms with E-state index in [-0.39, 0.29) is 17.9 Å². The number of carbonyl (C=O) groups excluding carboxylic acids is 2. The normalized spacial score (nSPS) is 23.1. The van der Waals surface area contributed by atoms with E-state index in [1.165, 1.54) is 5.57 Å². The van der Waals surface area contributed by atoms with Gasteiger partial charge in [-0.25, -0.2) is 0 Å². The molecule has 2 rings (SSSR count). The summed E-state index contributed by atoms with van der Waals surface area (Å²) in [4.78, 5) is 25.6. The van der Waals surface area contributed by atoms with Gasteiger partial charge in [0.2, 0.25) is 11.8 Å². The fourth-order valence-corrected chi connectivity index (χ4v) is 3.44. The fraction of sp³-hybridized carbons (Fsp3) is 0.692. The average Bonchev–Trinajstić information content (AvgIpc) is 2.94. The monoisotopic (exact) mass is 283 g/mol. The minimum atomic E-state index is -0.292. The summed E-state index contributed by atoms with van der Waals surface area (Å²) in [7, 11) is 0. The van der Waals surface area contributed by atoms with Crippen LogP contribution in [0.3, 0.4) is 0 Å². The van der Waals surface area contributed by atoms with Gasteiger partial charge in [-0.05, 0) is 13.0 Å². The lowest BCUT2D eigenvalue weighted by Gasteiger charge is -2.23. The number of rotatable bonds is 4. The van der Waals surface area contributed by atoms with Crippen LogP contribution in [0.5, 0.6) is 0 Å². The molecular weight excluding hydrogens is 262 g/mol. The van der Waals surface area contributed by atoms with Crippen molar-refractivity contribution in [3.8, 4) is 0 Å². The van der Waals surface area contributed by atoms with E-state index in [1.807, 2.05) is 6.92 Å². The van der Waals surface area contributed by atoms with Gasteiger partial charge >= 0.3 is 0 Å². The highest BCUT2D eigenvalue weighted by Gasteiger charge is 2.33. The molecular formula is C13H21N3O2S. The second-order valence-electron chi connectivity index (χ2n) is 4.77. The first-order chi connectivity index (χ1) is 9.22. The van der Waals surface area contributed by atoms with Crippen molar-refractivity contribution in [3.05, 3.63) is 11.6 Å². The highest BCUT2D eigenvalue weighted by molar-refractivity contribution is 7.99. The van der Waals surface area contributed by atoms with Crippen molar-refractivity contribution in [1.82, 2.24) is 15.5 Å². The van der Waals surface area contributed by atoms with Gasteiger partial charge in [0.1, 0.15) is 6.04 Å². The second-order valence-corrected chi connectivity index (χ2v) is 5.77. The molecule has 106 valence electrons. The van der Waals surface area contributed by atoms with E-state index in [1.54, 1.807) is 16.7 Å². The van der Waals surface area contributed by atoms with Crippen LogP contribution >= 0.6 is 11.8 Å². The molecule has 6 heteroatoms. The molecule has 0 spiro atoms. The van der Waals surface area contributed by atoms with Crippen LogP contribution in [0.25, 0.3) is 0 Å². The average molecular weight is 283 g/mol. The molecule has 2 amide bonds. The summed E-state index contributed by atoms with van der Waals surface area (Å²) >= 11 is 1.64. The highest BCUT2D eigenvalue weighted by atomic mass is 32.2. The van der Waals surface area contributed by atoms with E-state index >= 15 is 0 Å². The summed E-state index contributed by atoms with van der Waals surface area (Å²) in [6.45, 7) is 4.29. The van der Waals surface area contributed by atoms with Gasteiger partial charge in [-0.3, -0.25) is 9.59 Å². The molecule has 1 atom stereocenters. The molecule has 0 saturated carbocycles. The zero-order valence-corrected chi connectivity index (χ0v) is 12.1. The Bertz CT molecular complexity index is 384. The van der Waals surface area contributed by atoms with Crippen LogP contribution in [0.1, 0.15) is 19.8 Å². The first kappa shape index (κ1) is 14.4. The smallest absolute Gasteiger partial charge is 0.243 e. The topological polar surface area (TPSA) is 61.4 Å². The Balaban J connectivity index is 1.85. The number of nitrogens with zero attached hydrogens (tertiary/aromatic N) is 1. The third kappa shape index (κ3) is 3.73. The van der Waals surface area contributed by atoms with Crippen LogP contribution in [0, 0.1) is 0 Å². The van der Waals surface area contributed by atoms with Gasteiger partial charge in [0, 0.05) is 25.3 Å². The molecule has 2 aliphatic rings. The van der Waals surface area contributed by atoms with Gasteiger partial charge in [-0.1, -0.05) is 18.6 Å². The summed E-state index contributed by atoms with van der Waals surface area (Å²) in [5.41, 5.74) is 1.27. The van der Waals surface area contributed by atoms with Gasteiger partial charge in [0.05, 0.1) is 5.88 Å². The maximum atomic E-state index is 12.2. The number of thioether (sulfide) groups is 1. The Morgan fingerprint density at radius 1 is 1.58 bits per heavy atom. The lowest BCUT2D eigenvalue weighted by Crippen LogP contribution is -2.47. The Kier molecular flexibility index (Phi) is 5.27. The van der Waals surface area contributed by atoms with Crippen LogP contribution in [0.15, 0.2) is 11.6 Å². The number of carbonyl (C=O) groups is 2. The quantitative estimate of drug-likeness (QED) is 0.730. The second kappa shape index (κ2) is 6.96. The molecule has 2 aliphatic heterocycles. The molecule has 2 heterocycles. The zero-order chi connectivity index (χ0) is 13.7. The van der Waals surface area contributed by atoms with Crippen molar-refractivity contribution in [1.29, 1.82) is 0 Å². The Hall–Kier alpha value is -1.01. The maximum Gasteiger partial charge on any atom is 0.243 e. The van der Waals surface area contributed by atoms with E-state index in [9.17, 15) is 9.59 Å². The molecule has 0 radical (unpaired) electrons. The predicted octanol–water partition coefficient (Wildman–Crippen LogP) is 0.334. The van der Waals surface area contributed by atoms with Gasteiger partial charge in [-0.2, -0.15) is 0 Å². The van der Waals surface area contributed by atoms with E-state index in [0.717, 1.165) is 19.5 Å². The van der Waals surface area contributed by atoms with E-state index < -0.39 is 0 Å². The summed E-state index contributed by atoms with van der Waals surface area (Å²) in [5.74, 6) is 1.38. The Morgan fingerprint density at radius 2 is 2.42 bits per heavy atom. The van der Waals surface area contributed by atoms with E-state index in [2.05, 4.69) is 16.7 Å². The van der Waals surface area contributed by atoms with Gasteiger partial charge in [-0.15, -0.1) is 11.8 Å². The van der Waals surface area contributed by atoms with Crippen molar-refractivity contribution < 1.29 is 9.59 Å². The standard InChI is InChI=1S/C13H21N3O2S/c1-2-12(17)16-9-19-8-11(16)13(18)15-7-10-3-5-14-6-4-10/h3,11,14H,2,4-9H2,1H3,(H,15,18). The third-order valence-corrected chi connectivity index (χ3v) is 4.47.